The van der Waals surface area contributed by atoms with Gasteiger partial charge in [0.05, 0.1) is 7.11 Å². The summed E-state index contributed by atoms with van der Waals surface area (Å²) in [6.07, 6.45) is -6.07. The highest BCUT2D eigenvalue weighted by molar-refractivity contribution is 5.31. The van der Waals surface area contributed by atoms with Crippen LogP contribution in [0, 0.1) is 0 Å². The fraction of sp³-hybridized carbons (Fsp3) is 0.455. The Bertz CT molecular complexity index is 378. The highest BCUT2D eigenvalue weighted by Crippen LogP contribution is 2.38. The van der Waals surface area contributed by atoms with Crippen molar-refractivity contribution in [1.82, 2.24) is 0 Å². The van der Waals surface area contributed by atoms with E-state index in [0.29, 0.717) is 5.75 Å². The van der Waals surface area contributed by atoms with Crippen LogP contribution in [-0.2, 0) is 0 Å². The molecule has 0 aliphatic rings. The molecule has 1 aromatic rings. The zero-order valence-electron chi connectivity index (χ0n) is 9.50. The van der Waals surface area contributed by atoms with Crippen molar-refractivity contribution in [3.63, 3.8) is 0 Å². The first kappa shape index (κ1) is 14.6. The van der Waals surface area contributed by atoms with Crippen LogP contribution in [0.5, 0.6) is 11.5 Å². The van der Waals surface area contributed by atoms with E-state index < -0.39 is 30.8 Å². The lowest BCUT2D eigenvalue weighted by Crippen LogP contribution is -2.45. The molecule has 0 saturated heterocycles. The number of ether oxygens (including phenoxy) is 2. The summed E-state index contributed by atoms with van der Waals surface area (Å²) in [5.41, 5.74) is 0. The van der Waals surface area contributed by atoms with Crippen LogP contribution in [0.25, 0.3) is 0 Å². The van der Waals surface area contributed by atoms with Crippen LogP contribution in [0.2, 0.25) is 0 Å². The van der Waals surface area contributed by atoms with Gasteiger partial charge in [-0.2, -0.15) is 17.6 Å². The number of hydrogen-bond acceptors (Lipinski definition) is 3. The van der Waals surface area contributed by atoms with Gasteiger partial charge in [-0.15, -0.1) is 0 Å². The molecule has 3 nitrogen and oxygen atoms in total. The van der Waals surface area contributed by atoms with Crippen LogP contribution in [0.3, 0.4) is 0 Å². The first-order valence-corrected chi connectivity index (χ1v) is 5.02. The number of rotatable bonds is 6. The van der Waals surface area contributed by atoms with E-state index in [0.717, 1.165) is 12.1 Å². The third kappa shape index (κ3) is 3.25. The lowest BCUT2D eigenvalue weighted by Gasteiger charge is -2.25. The molecular weight excluding hydrogens is 256 g/mol. The molecule has 0 aromatic heterocycles. The van der Waals surface area contributed by atoms with Gasteiger partial charge in [0.15, 0.2) is 0 Å². The van der Waals surface area contributed by atoms with E-state index in [2.05, 4.69) is 4.74 Å². The summed E-state index contributed by atoms with van der Waals surface area (Å²) in [7, 11) is 1.37. The van der Waals surface area contributed by atoms with Gasteiger partial charge in [0.25, 0.3) is 0 Å². The van der Waals surface area contributed by atoms with Gasteiger partial charge in [0, 0.05) is 13.0 Å². The Labute approximate surface area is 101 Å². The van der Waals surface area contributed by atoms with Gasteiger partial charge in [0.2, 0.25) is 0 Å². The number of benzene rings is 1. The molecular formula is C11H12F4O3. The normalized spacial score (nSPS) is 12.3. The van der Waals surface area contributed by atoms with E-state index >= 15 is 0 Å². The number of alkyl halides is 4. The van der Waals surface area contributed by atoms with Crippen molar-refractivity contribution >= 4 is 0 Å². The van der Waals surface area contributed by atoms with Crippen LogP contribution < -0.4 is 9.47 Å². The minimum atomic E-state index is -4.69. The molecule has 0 bridgehead atoms. The Hall–Kier alpha value is -1.50. The molecule has 1 N–H and O–H groups in total. The summed E-state index contributed by atoms with van der Waals surface area (Å²) >= 11 is 0. The summed E-state index contributed by atoms with van der Waals surface area (Å²) in [5, 5.41) is 8.31. The van der Waals surface area contributed by atoms with Gasteiger partial charge < -0.3 is 14.6 Å². The summed E-state index contributed by atoms with van der Waals surface area (Å²) in [5.74, 6) is -4.48. The highest BCUT2D eigenvalue weighted by atomic mass is 19.3. The molecule has 0 aliphatic heterocycles. The molecule has 0 radical (unpaired) electrons. The number of methoxy groups -OCH3 is 1. The first-order chi connectivity index (χ1) is 8.32. The second-order valence-corrected chi connectivity index (χ2v) is 3.47. The minimum absolute atomic E-state index is 0.382. The van der Waals surface area contributed by atoms with E-state index in [1.54, 1.807) is 0 Å². The second-order valence-electron chi connectivity index (χ2n) is 3.47. The van der Waals surface area contributed by atoms with E-state index in [1.165, 1.54) is 19.2 Å². The Morgan fingerprint density at radius 2 is 1.56 bits per heavy atom. The minimum Gasteiger partial charge on any atom is -0.497 e. The largest absolute Gasteiger partial charge is 0.497 e. The summed E-state index contributed by atoms with van der Waals surface area (Å²) in [6.45, 7) is -1.06. The van der Waals surface area contributed by atoms with Gasteiger partial charge in [-0.3, -0.25) is 0 Å². The van der Waals surface area contributed by atoms with Gasteiger partial charge >= 0.3 is 12.0 Å². The van der Waals surface area contributed by atoms with Gasteiger partial charge in [-0.05, 0) is 24.3 Å². The molecule has 0 heterocycles. The monoisotopic (exact) mass is 268 g/mol. The van der Waals surface area contributed by atoms with E-state index in [-0.39, 0.29) is 0 Å². The van der Waals surface area contributed by atoms with Crippen molar-refractivity contribution in [3.8, 4) is 11.5 Å². The van der Waals surface area contributed by atoms with E-state index in [4.69, 9.17) is 9.84 Å². The average Bonchev–Trinajstić information content (AvgIpc) is 2.29. The van der Waals surface area contributed by atoms with Crippen molar-refractivity contribution in [2.45, 2.75) is 18.5 Å². The summed E-state index contributed by atoms with van der Waals surface area (Å²) < 4.78 is 61.0. The highest BCUT2D eigenvalue weighted by Gasteiger charge is 2.58. The Balaban J connectivity index is 2.80. The van der Waals surface area contributed by atoms with Crippen LogP contribution in [0.4, 0.5) is 17.6 Å². The third-order valence-electron chi connectivity index (χ3n) is 2.16. The predicted molar refractivity (Wildman–Crippen MR) is 55.2 cm³/mol. The van der Waals surface area contributed by atoms with E-state index in [1.807, 2.05) is 0 Å². The van der Waals surface area contributed by atoms with Gasteiger partial charge in [-0.1, -0.05) is 0 Å². The molecule has 1 rings (SSSR count). The molecule has 0 atom stereocenters. The Morgan fingerprint density at radius 1 is 1.06 bits per heavy atom. The molecule has 7 heteroatoms. The Morgan fingerprint density at radius 3 is 2.00 bits per heavy atom. The third-order valence-corrected chi connectivity index (χ3v) is 2.16. The van der Waals surface area contributed by atoms with Gasteiger partial charge in [0.1, 0.15) is 11.5 Å². The summed E-state index contributed by atoms with van der Waals surface area (Å²) in [6, 6.07) is 4.77. The number of halogens is 4. The zero-order valence-corrected chi connectivity index (χ0v) is 9.50. The smallest absolute Gasteiger partial charge is 0.464 e. The number of aliphatic hydroxyl groups is 1. The van der Waals surface area contributed by atoms with Crippen molar-refractivity contribution in [2.75, 3.05) is 13.7 Å². The number of hydrogen-bond donors (Lipinski definition) is 1. The van der Waals surface area contributed by atoms with Crippen molar-refractivity contribution in [2.24, 2.45) is 0 Å². The molecule has 0 amide bonds. The zero-order chi connectivity index (χ0) is 13.8. The lowest BCUT2D eigenvalue weighted by molar-refractivity contribution is -0.312. The second kappa shape index (κ2) is 5.43. The van der Waals surface area contributed by atoms with Crippen LogP contribution in [0.1, 0.15) is 6.42 Å². The fourth-order valence-electron chi connectivity index (χ4n) is 1.15. The topological polar surface area (TPSA) is 38.7 Å². The van der Waals surface area contributed by atoms with Gasteiger partial charge in [-0.25, -0.2) is 0 Å². The van der Waals surface area contributed by atoms with Crippen LogP contribution in [0.15, 0.2) is 24.3 Å². The molecule has 0 saturated carbocycles. The van der Waals surface area contributed by atoms with Crippen molar-refractivity contribution in [1.29, 1.82) is 0 Å². The molecule has 102 valence electrons. The quantitative estimate of drug-likeness (QED) is 0.806. The number of aliphatic hydroxyl groups excluding tert-OH is 1. The summed E-state index contributed by atoms with van der Waals surface area (Å²) in [4.78, 5) is 0. The molecule has 0 aliphatic carbocycles. The first-order valence-electron chi connectivity index (χ1n) is 5.02. The molecule has 0 fully saturated rings. The maximum absolute atomic E-state index is 13.1. The fourth-order valence-corrected chi connectivity index (χ4v) is 1.15. The maximum atomic E-state index is 13.1. The molecule has 0 spiro atoms. The molecule has 0 unspecified atom stereocenters. The van der Waals surface area contributed by atoms with E-state index in [9.17, 15) is 17.6 Å². The standard InChI is InChI=1S/C11H12F4O3/c1-17-8-2-4-9(5-3-8)18-11(14,15)10(12,13)6-7-16/h2-5,16H,6-7H2,1H3. The predicted octanol–water partition coefficient (Wildman–Crippen LogP) is 2.68. The van der Waals surface area contributed by atoms with Crippen LogP contribution >= 0.6 is 0 Å². The van der Waals surface area contributed by atoms with Crippen molar-refractivity contribution in [3.05, 3.63) is 24.3 Å². The molecule has 1 aromatic carbocycles. The molecule has 18 heavy (non-hydrogen) atoms. The Kier molecular flexibility index (Phi) is 4.39. The average molecular weight is 268 g/mol. The SMILES string of the molecule is COc1ccc(OC(F)(F)C(F)(F)CCO)cc1. The van der Waals surface area contributed by atoms with Crippen LogP contribution in [-0.4, -0.2) is 30.9 Å². The lowest BCUT2D eigenvalue weighted by atomic mass is 10.2. The maximum Gasteiger partial charge on any atom is 0.464 e. The van der Waals surface area contributed by atoms with Crippen molar-refractivity contribution < 1.29 is 32.1 Å².